The highest BCUT2D eigenvalue weighted by atomic mass is 16.9. The highest BCUT2D eigenvalue weighted by Gasteiger charge is 2.11. The molecule has 0 heterocycles. The van der Waals surface area contributed by atoms with E-state index in [1.54, 1.807) is 0 Å². The Morgan fingerprint density at radius 1 is 1.82 bits per heavy atom. The molecule has 0 amide bonds. The van der Waals surface area contributed by atoms with E-state index in [2.05, 4.69) is 4.84 Å². The Hall–Kier alpha value is -1.37. The molecule has 0 aliphatic carbocycles. The molecule has 0 saturated carbocycles. The van der Waals surface area contributed by atoms with E-state index in [0.29, 0.717) is 0 Å². The maximum atomic E-state index is 10.0. The van der Waals surface area contributed by atoms with Crippen LogP contribution < -0.4 is 5.73 Å². The van der Waals surface area contributed by atoms with Crippen molar-refractivity contribution >= 4 is 5.97 Å². The van der Waals surface area contributed by atoms with E-state index in [1.165, 1.54) is 0 Å². The summed E-state index contributed by atoms with van der Waals surface area (Å²) in [7, 11) is 0. The van der Waals surface area contributed by atoms with Crippen molar-refractivity contribution in [3.05, 3.63) is 10.1 Å². The lowest BCUT2D eigenvalue weighted by Crippen LogP contribution is -2.31. The van der Waals surface area contributed by atoms with E-state index in [1.807, 2.05) is 0 Å². The highest BCUT2D eigenvalue weighted by Crippen LogP contribution is 1.89. The van der Waals surface area contributed by atoms with Crippen molar-refractivity contribution in [1.29, 1.82) is 0 Å². The number of carboxylic acids is 1. The van der Waals surface area contributed by atoms with Crippen molar-refractivity contribution in [2.75, 3.05) is 6.61 Å². The Labute approximate surface area is 61.9 Å². The first-order chi connectivity index (χ1) is 5.04. The second-order valence-corrected chi connectivity index (χ2v) is 1.79. The normalized spacial score (nSPS) is 12.1. The van der Waals surface area contributed by atoms with Crippen LogP contribution in [0.15, 0.2) is 0 Å². The van der Waals surface area contributed by atoms with Crippen LogP contribution in [0.5, 0.6) is 0 Å². The summed E-state index contributed by atoms with van der Waals surface area (Å²) < 4.78 is 0. The average Bonchev–Trinajstić information content (AvgIpc) is 1.86. The number of hydrogen-bond donors (Lipinski definition) is 2. The molecule has 0 saturated heterocycles. The second-order valence-electron chi connectivity index (χ2n) is 1.79. The van der Waals surface area contributed by atoms with E-state index >= 15 is 0 Å². The van der Waals surface area contributed by atoms with Crippen molar-refractivity contribution in [1.82, 2.24) is 0 Å². The number of hydrogen-bond acceptors (Lipinski definition) is 5. The van der Waals surface area contributed by atoms with Crippen molar-refractivity contribution in [2.45, 2.75) is 12.5 Å². The fourth-order valence-corrected chi connectivity index (χ4v) is 0.378. The Balaban J connectivity index is 3.39. The third kappa shape index (κ3) is 5.09. The Morgan fingerprint density at radius 2 is 2.36 bits per heavy atom. The zero-order valence-electron chi connectivity index (χ0n) is 5.60. The number of rotatable bonds is 5. The third-order valence-corrected chi connectivity index (χ3v) is 0.943. The van der Waals surface area contributed by atoms with Crippen LogP contribution in [-0.2, 0) is 9.63 Å². The summed E-state index contributed by atoms with van der Waals surface area (Å²) in [6, 6.07) is -1.10. The van der Waals surface area contributed by atoms with E-state index in [-0.39, 0.29) is 13.0 Å². The van der Waals surface area contributed by atoms with Crippen LogP contribution in [0.4, 0.5) is 0 Å². The van der Waals surface area contributed by atoms with Gasteiger partial charge in [0, 0.05) is 0 Å². The fourth-order valence-electron chi connectivity index (χ4n) is 0.378. The van der Waals surface area contributed by atoms with Crippen molar-refractivity contribution in [3.63, 3.8) is 0 Å². The van der Waals surface area contributed by atoms with Gasteiger partial charge in [0.05, 0.1) is 6.61 Å². The molecule has 0 unspecified atom stereocenters. The molecule has 0 fully saturated rings. The predicted octanol–water partition coefficient (Wildman–Crippen LogP) is -1.00. The number of nitrogens with two attached hydrogens (primary N) is 1. The molecular weight excluding hydrogens is 156 g/mol. The van der Waals surface area contributed by atoms with Crippen LogP contribution in [0.3, 0.4) is 0 Å². The molecule has 0 aromatic heterocycles. The number of carboxylic acid groups (broad SMARTS) is 1. The van der Waals surface area contributed by atoms with Crippen LogP contribution in [-0.4, -0.2) is 28.8 Å². The van der Waals surface area contributed by atoms with E-state index in [0.717, 1.165) is 0 Å². The lowest BCUT2D eigenvalue weighted by Gasteiger charge is -2.03. The Morgan fingerprint density at radius 3 is 2.73 bits per heavy atom. The van der Waals surface area contributed by atoms with Crippen LogP contribution >= 0.6 is 0 Å². The van der Waals surface area contributed by atoms with Gasteiger partial charge in [0.2, 0.25) is 0 Å². The maximum absolute atomic E-state index is 10.0. The van der Waals surface area contributed by atoms with E-state index in [4.69, 9.17) is 10.8 Å². The quantitative estimate of drug-likeness (QED) is 0.397. The molecule has 0 radical (unpaired) electrons. The average molecular weight is 164 g/mol. The molecule has 0 rings (SSSR count). The zero-order chi connectivity index (χ0) is 8.85. The summed E-state index contributed by atoms with van der Waals surface area (Å²) in [6.07, 6.45) is -0.0731. The largest absolute Gasteiger partial charge is 0.480 e. The standard InChI is InChI=1S/C4H8N2O5/c5-3(4(7)8)1-2-11-6(9)10/h3H,1-2,5H2,(H,7,8)/t3-/m0/s1. The van der Waals surface area contributed by atoms with Gasteiger partial charge in [-0.15, -0.1) is 10.1 Å². The number of aliphatic carboxylic acids is 1. The molecule has 0 aromatic carbocycles. The molecule has 0 aliphatic heterocycles. The maximum Gasteiger partial charge on any atom is 0.320 e. The van der Waals surface area contributed by atoms with Gasteiger partial charge >= 0.3 is 5.97 Å². The molecule has 3 N–H and O–H groups in total. The minimum absolute atomic E-state index is 0.0731. The van der Waals surface area contributed by atoms with E-state index in [9.17, 15) is 14.9 Å². The third-order valence-electron chi connectivity index (χ3n) is 0.943. The van der Waals surface area contributed by atoms with Crippen LogP contribution in [0.25, 0.3) is 0 Å². The van der Waals surface area contributed by atoms with Crippen molar-refractivity contribution in [2.24, 2.45) is 5.73 Å². The summed E-state index contributed by atoms with van der Waals surface area (Å²) in [5, 5.41) is 16.8. The summed E-state index contributed by atoms with van der Waals surface area (Å²) in [6.45, 7) is -0.291. The van der Waals surface area contributed by atoms with Gasteiger partial charge in [-0.3, -0.25) is 4.79 Å². The first kappa shape index (κ1) is 9.63. The van der Waals surface area contributed by atoms with Gasteiger partial charge in [-0.05, 0) is 6.42 Å². The molecule has 7 heteroatoms. The molecule has 11 heavy (non-hydrogen) atoms. The first-order valence-electron chi connectivity index (χ1n) is 2.79. The van der Waals surface area contributed by atoms with Crippen LogP contribution in [0, 0.1) is 10.1 Å². The Bertz CT molecular complexity index is 159. The molecular formula is C4H8N2O5. The zero-order valence-corrected chi connectivity index (χ0v) is 5.60. The molecule has 0 aliphatic rings. The van der Waals surface area contributed by atoms with Crippen LogP contribution in [0.2, 0.25) is 0 Å². The molecule has 0 bridgehead atoms. The van der Waals surface area contributed by atoms with Gasteiger partial charge < -0.3 is 15.7 Å². The first-order valence-corrected chi connectivity index (χ1v) is 2.79. The molecule has 7 nitrogen and oxygen atoms in total. The Kier molecular flexibility index (Phi) is 3.89. The highest BCUT2D eigenvalue weighted by molar-refractivity contribution is 5.72. The second kappa shape index (κ2) is 4.45. The van der Waals surface area contributed by atoms with Crippen molar-refractivity contribution in [3.8, 4) is 0 Å². The van der Waals surface area contributed by atoms with Gasteiger partial charge in [0.15, 0.2) is 0 Å². The number of nitrogens with zero attached hydrogens (tertiary/aromatic N) is 1. The van der Waals surface area contributed by atoms with E-state index < -0.39 is 17.1 Å². The van der Waals surface area contributed by atoms with Gasteiger partial charge in [0.1, 0.15) is 6.04 Å². The van der Waals surface area contributed by atoms with Gasteiger partial charge in [-0.2, -0.15) is 0 Å². The predicted molar refractivity (Wildman–Crippen MR) is 33.2 cm³/mol. The topological polar surface area (TPSA) is 116 Å². The molecule has 0 aromatic rings. The van der Waals surface area contributed by atoms with Gasteiger partial charge in [0.25, 0.3) is 5.09 Å². The lowest BCUT2D eigenvalue weighted by molar-refractivity contribution is -0.757. The van der Waals surface area contributed by atoms with Crippen LogP contribution in [0.1, 0.15) is 6.42 Å². The minimum atomic E-state index is -1.20. The molecule has 64 valence electrons. The van der Waals surface area contributed by atoms with Gasteiger partial charge in [-0.1, -0.05) is 0 Å². The smallest absolute Gasteiger partial charge is 0.320 e. The molecule has 1 atom stereocenters. The fraction of sp³-hybridized carbons (Fsp3) is 0.750. The number of carbonyl (C=O) groups is 1. The summed E-state index contributed by atoms with van der Waals surface area (Å²) in [4.78, 5) is 23.4. The summed E-state index contributed by atoms with van der Waals surface area (Å²) in [5.74, 6) is -1.20. The monoisotopic (exact) mass is 164 g/mol. The SMILES string of the molecule is N[C@@H](CCO[N+](=O)[O-])C(=O)O. The minimum Gasteiger partial charge on any atom is -0.480 e. The molecule has 0 spiro atoms. The van der Waals surface area contributed by atoms with Gasteiger partial charge in [-0.25, -0.2) is 0 Å². The summed E-state index contributed by atoms with van der Waals surface area (Å²) in [5.41, 5.74) is 5.00. The summed E-state index contributed by atoms with van der Waals surface area (Å²) >= 11 is 0. The van der Waals surface area contributed by atoms with Crippen molar-refractivity contribution < 1.29 is 19.8 Å². The lowest BCUT2D eigenvalue weighted by atomic mass is 10.2.